The number of halogens is 1. The van der Waals surface area contributed by atoms with Crippen LogP contribution in [0.1, 0.15) is 52.1 Å². The van der Waals surface area contributed by atoms with Gasteiger partial charge in [-0.1, -0.05) is 25.4 Å². The highest BCUT2D eigenvalue weighted by atomic mass is 35.5. The Hall–Kier alpha value is -1.26. The first-order valence-corrected chi connectivity index (χ1v) is 7.78. The van der Waals surface area contributed by atoms with Gasteiger partial charge in [-0.3, -0.25) is 4.79 Å². The van der Waals surface area contributed by atoms with Crippen LogP contribution < -0.4 is 15.8 Å². The summed E-state index contributed by atoms with van der Waals surface area (Å²) >= 11 is 5.98. The Balaban J connectivity index is 2.78. The van der Waals surface area contributed by atoms with E-state index in [1.807, 2.05) is 20.8 Å². The van der Waals surface area contributed by atoms with Crippen LogP contribution in [0.3, 0.4) is 0 Å². The Kier molecular flexibility index (Phi) is 6.99. The van der Waals surface area contributed by atoms with Crippen LogP contribution in [0.2, 0.25) is 5.02 Å². The van der Waals surface area contributed by atoms with E-state index in [0.29, 0.717) is 10.8 Å². The highest BCUT2D eigenvalue weighted by Crippen LogP contribution is 2.28. The van der Waals surface area contributed by atoms with Gasteiger partial charge in [-0.15, -0.1) is 0 Å². The molecule has 1 rings (SSSR count). The SMILES string of the molecule is CCC(CC)NC(=O)C(C)Oc1ccc(Cl)cc1[C@@H](C)N. The molecule has 1 amide bonds. The van der Waals surface area contributed by atoms with Crippen molar-refractivity contribution in [2.24, 2.45) is 5.73 Å². The van der Waals surface area contributed by atoms with Gasteiger partial charge in [0.15, 0.2) is 6.10 Å². The minimum absolute atomic E-state index is 0.116. The van der Waals surface area contributed by atoms with E-state index in [9.17, 15) is 4.79 Å². The minimum Gasteiger partial charge on any atom is -0.481 e. The third-order valence-corrected chi connectivity index (χ3v) is 3.70. The summed E-state index contributed by atoms with van der Waals surface area (Å²) in [4.78, 5) is 12.1. The van der Waals surface area contributed by atoms with Crippen molar-refractivity contribution >= 4 is 17.5 Å². The van der Waals surface area contributed by atoms with Crippen LogP contribution in [-0.2, 0) is 4.79 Å². The van der Waals surface area contributed by atoms with E-state index in [-0.39, 0.29) is 18.0 Å². The maximum Gasteiger partial charge on any atom is 0.260 e. The van der Waals surface area contributed by atoms with Gasteiger partial charge in [-0.05, 0) is 44.9 Å². The smallest absolute Gasteiger partial charge is 0.260 e. The van der Waals surface area contributed by atoms with E-state index in [4.69, 9.17) is 22.1 Å². The molecule has 1 aromatic carbocycles. The van der Waals surface area contributed by atoms with Crippen molar-refractivity contribution in [3.63, 3.8) is 0 Å². The number of benzene rings is 1. The summed E-state index contributed by atoms with van der Waals surface area (Å²) in [5.74, 6) is 0.482. The van der Waals surface area contributed by atoms with Crippen molar-refractivity contribution in [1.82, 2.24) is 5.32 Å². The van der Waals surface area contributed by atoms with E-state index in [0.717, 1.165) is 18.4 Å². The topological polar surface area (TPSA) is 64.3 Å². The second-order valence-electron chi connectivity index (χ2n) is 5.25. The fourth-order valence-corrected chi connectivity index (χ4v) is 2.22. The third kappa shape index (κ3) is 5.21. The van der Waals surface area contributed by atoms with Crippen molar-refractivity contribution in [3.8, 4) is 5.75 Å². The maximum atomic E-state index is 12.1. The van der Waals surface area contributed by atoms with Gasteiger partial charge in [0.2, 0.25) is 0 Å². The molecule has 0 aliphatic rings. The van der Waals surface area contributed by atoms with Gasteiger partial charge in [-0.25, -0.2) is 0 Å². The molecular formula is C16H25ClN2O2. The average Bonchev–Trinajstić information content (AvgIpc) is 2.45. The lowest BCUT2D eigenvalue weighted by Gasteiger charge is -2.21. The van der Waals surface area contributed by atoms with Gasteiger partial charge in [0.25, 0.3) is 5.91 Å². The molecule has 0 saturated heterocycles. The molecule has 0 aliphatic heterocycles. The van der Waals surface area contributed by atoms with Gasteiger partial charge in [0.05, 0.1) is 0 Å². The predicted molar refractivity (Wildman–Crippen MR) is 86.7 cm³/mol. The molecule has 0 fully saturated rings. The first-order valence-electron chi connectivity index (χ1n) is 7.41. The molecule has 1 unspecified atom stereocenters. The van der Waals surface area contributed by atoms with E-state index in [1.54, 1.807) is 25.1 Å². The number of rotatable bonds is 7. The standard InChI is InChI=1S/C16H25ClN2O2/c1-5-13(6-2)19-16(20)11(4)21-15-8-7-12(17)9-14(15)10(3)18/h7-11,13H,5-6,18H2,1-4H3,(H,19,20)/t10-,11?/m1/s1. The summed E-state index contributed by atoms with van der Waals surface area (Å²) in [6.45, 7) is 7.69. The fraction of sp³-hybridized carbons (Fsp3) is 0.562. The number of hydrogen-bond donors (Lipinski definition) is 2. The number of carbonyl (C=O) groups excluding carboxylic acids is 1. The zero-order valence-electron chi connectivity index (χ0n) is 13.2. The second-order valence-corrected chi connectivity index (χ2v) is 5.69. The summed E-state index contributed by atoms with van der Waals surface area (Å²) < 4.78 is 5.76. The fourth-order valence-electron chi connectivity index (χ4n) is 2.04. The third-order valence-electron chi connectivity index (χ3n) is 3.47. The van der Waals surface area contributed by atoms with Crippen molar-refractivity contribution < 1.29 is 9.53 Å². The van der Waals surface area contributed by atoms with Crippen molar-refractivity contribution in [2.75, 3.05) is 0 Å². The molecule has 1 aromatic rings. The van der Waals surface area contributed by atoms with Crippen LogP contribution in [0.15, 0.2) is 18.2 Å². The molecule has 21 heavy (non-hydrogen) atoms. The maximum absolute atomic E-state index is 12.1. The molecular weight excluding hydrogens is 288 g/mol. The number of hydrogen-bond acceptors (Lipinski definition) is 3. The molecule has 4 nitrogen and oxygen atoms in total. The molecule has 3 N–H and O–H groups in total. The van der Waals surface area contributed by atoms with E-state index < -0.39 is 6.10 Å². The summed E-state index contributed by atoms with van der Waals surface area (Å²) in [6, 6.07) is 5.22. The van der Waals surface area contributed by atoms with Gasteiger partial charge < -0.3 is 15.8 Å². The first kappa shape index (κ1) is 17.8. The number of amides is 1. The summed E-state index contributed by atoms with van der Waals surface area (Å²) in [5, 5.41) is 3.58. The number of nitrogens with two attached hydrogens (primary N) is 1. The zero-order chi connectivity index (χ0) is 16.0. The second kappa shape index (κ2) is 8.25. The van der Waals surface area contributed by atoms with Crippen LogP contribution in [0, 0.1) is 0 Å². The highest BCUT2D eigenvalue weighted by molar-refractivity contribution is 6.30. The van der Waals surface area contributed by atoms with Crippen molar-refractivity contribution in [3.05, 3.63) is 28.8 Å². The van der Waals surface area contributed by atoms with Crippen molar-refractivity contribution in [1.29, 1.82) is 0 Å². The lowest BCUT2D eigenvalue weighted by Crippen LogP contribution is -2.42. The monoisotopic (exact) mass is 312 g/mol. The quantitative estimate of drug-likeness (QED) is 0.810. The van der Waals surface area contributed by atoms with Gasteiger partial charge in [0, 0.05) is 22.7 Å². The Morgan fingerprint density at radius 2 is 1.95 bits per heavy atom. The van der Waals surface area contributed by atoms with Gasteiger partial charge in [0.1, 0.15) is 5.75 Å². The van der Waals surface area contributed by atoms with E-state index in [2.05, 4.69) is 5.32 Å². The van der Waals surface area contributed by atoms with Crippen LogP contribution in [0.5, 0.6) is 5.75 Å². The van der Waals surface area contributed by atoms with E-state index >= 15 is 0 Å². The van der Waals surface area contributed by atoms with Gasteiger partial charge in [-0.2, -0.15) is 0 Å². The van der Waals surface area contributed by atoms with Gasteiger partial charge >= 0.3 is 0 Å². The highest BCUT2D eigenvalue weighted by Gasteiger charge is 2.19. The van der Waals surface area contributed by atoms with Crippen LogP contribution in [-0.4, -0.2) is 18.1 Å². The zero-order valence-corrected chi connectivity index (χ0v) is 13.9. The van der Waals surface area contributed by atoms with Crippen LogP contribution in [0.4, 0.5) is 0 Å². The first-order chi connectivity index (χ1) is 9.88. The molecule has 0 bridgehead atoms. The Morgan fingerprint density at radius 3 is 2.48 bits per heavy atom. The summed E-state index contributed by atoms with van der Waals surface area (Å²) in [5.41, 5.74) is 6.72. The Labute approximate surface area is 132 Å². The number of nitrogens with one attached hydrogen (secondary N) is 1. The van der Waals surface area contributed by atoms with Crippen LogP contribution in [0.25, 0.3) is 0 Å². The molecule has 0 saturated carbocycles. The largest absolute Gasteiger partial charge is 0.481 e. The molecule has 5 heteroatoms. The molecule has 0 aromatic heterocycles. The molecule has 0 radical (unpaired) electrons. The molecule has 0 heterocycles. The summed E-state index contributed by atoms with van der Waals surface area (Å²) in [7, 11) is 0. The average molecular weight is 313 g/mol. The Bertz CT molecular complexity index is 473. The predicted octanol–water partition coefficient (Wildman–Crippen LogP) is 3.43. The lowest BCUT2D eigenvalue weighted by atomic mass is 10.1. The van der Waals surface area contributed by atoms with Crippen molar-refractivity contribution in [2.45, 2.75) is 58.7 Å². The minimum atomic E-state index is -0.579. The van der Waals surface area contributed by atoms with Crippen LogP contribution >= 0.6 is 11.6 Å². The molecule has 118 valence electrons. The lowest BCUT2D eigenvalue weighted by molar-refractivity contribution is -0.128. The molecule has 2 atom stereocenters. The summed E-state index contributed by atoms with van der Waals surface area (Å²) in [6.07, 6.45) is 1.23. The Morgan fingerprint density at radius 1 is 1.33 bits per heavy atom. The van der Waals surface area contributed by atoms with E-state index in [1.165, 1.54) is 0 Å². The number of ether oxygens (including phenoxy) is 1. The molecule has 0 aliphatic carbocycles. The normalized spacial score (nSPS) is 13.9. The molecule has 0 spiro atoms. The number of carbonyl (C=O) groups is 1.